The lowest BCUT2D eigenvalue weighted by Crippen LogP contribution is -2.48. The maximum absolute atomic E-state index is 12.3. The fraction of sp³-hybridized carbons (Fsp3) is 0.364. The molecule has 6 nitrogen and oxygen atoms in total. The van der Waals surface area contributed by atoms with Gasteiger partial charge in [0.1, 0.15) is 18.9 Å². The Morgan fingerprint density at radius 1 is 1.11 bits per heavy atom. The van der Waals surface area contributed by atoms with Gasteiger partial charge in [0.25, 0.3) is 0 Å². The molecule has 2 amide bonds. The van der Waals surface area contributed by atoms with E-state index in [1.165, 1.54) is 11.1 Å². The Balaban J connectivity index is 1.36. The highest BCUT2D eigenvalue weighted by Gasteiger charge is 2.36. The Bertz CT molecular complexity index is 863. The first-order chi connectivity index (χ1) is 13.5. The molecule has 1 N–H and O–H groups in total. The van der Waals surface area contributed by atoms with Crippen molar-refractivity contribution < 1.29 is 19.1 Å². The van der Waals surface area contributed by atoms with Crippen LogP contribution >= 0.6 is 0 Å². The first-order valence-electron chi connectivity index (χ1n) is 9.50. The summed E-state index contributed by atoms with van der Waals surface area (Å²) in [5, 5.41) is 2.56. The van der Waals surface area contributed by atoms with Crippen LogP contribution < -0.4 is 5.32 Å². The Kier molecular flexibility index (Phi) is 4.81. The van der Waals surface area contributed by atoms with Gasteiger partial charge in [-0.25, -0.2) is 4.79 Å². The summed E-state index contributed by atoms with van der Waals surface area (Å²) in [5.41, 5.74) is 4.03. The van der Waals surface area contributed by atoms with Gasteiger partial charge in [-0.05, 0) is 36.1 Å². The Morgan fingerprint density at radius 3 is 2.29 bits per heavy atom. The number of amides is 2. The lowest BCUT2D eigenvalue weighted by atomic mass is 9.98. The molecule has 0 saturated carbocycles. The average Bonchev–Trinajstić information content (AvgIpc) is 3.21. The second kappa shape index (κ2) is 7.28. The molecular weight excluding hydrogens is 356 g/mol. The maximum atomic E-state index is 12.3. The molecule has 1 saturated heterocycles. The van der Waals surface area contributed by atoms with Crippen molar-refractivity contribution >= 4 is 12.0 Å². The number of benzene rings is 2. The molecule has 6 heteroatoms. The Morgan fingerprint density at radius 2 is 1.71 bits per heavy atom. The third kappa shape index (κ3) is 3.36. The molecule has 0 atom stereocenters. The van der Waals surface area contributed by atoms with Gasteiger partial charge in [0.05, 0.1) is 6.61 Å². The largest absolute Gasteiger partial charge is 0.449 e. The SMILES string of the molecule is CC1(C)OCCN1C(=O)CNC(=O)OCC1c2ccccc2-c2ccccc21. The zero-order valence-corrected chi connectivity index (χ0v) is 16.1. The van der Waals surface area contributed by atoms with Gasteiger partial charge in [0.2, 0.25) is 5.91 Å². The quantitative estimate of drug-likeness (QED) is 0.885. The summed E-state index contributed by atoms with van der Waals surface area (Å²) in [6.45, 7) is 4.83. The number of nitrogens with zero attached hydrogens (tertiary/aromatic N) is 1. The van der Waals surface area contributed by atoms with Crippen molar-refractivity contribution in [3.05, 3.63) is 59.7 Å². The van der Waals surface area contributed by atoms with E-state index in [1.54, 1.807) is 4.90 Å². The van der Waals surface area contributed by atoms with Gasteiger partial charge in [0, 0.05) is 12.5 Å². The van der Waals surface area contributed by atoms with E-state index in [2.05, 4.69) is 29.6 Å². The summed E-state index contributed by atoms with van der Waals surface area (Å²) in [7, 11) is 0. The third-order valence-electron chi connectivity index (χ3n) is 5.45. The van der Waals surface area contributed by atoms with E-state index in [0.717, 1.165) is 11.1 Å². The molecule has 0 radical (unpaired) electrons. The van der Waals surface area contributed by atoms with Crippen LogP contribution in [0.1, 0.15) is 30.9 Å². The lowest BCUT2D eigenvalue weighted by molar-refractivity contribution is -0.142. The van der Waals surface area contributed by atoms with Gasteiger partial charge in [-0.15, -0.1) is 0 Å². The van der Waals surface area contributed by atoms with E-state index >= 15 is 0 Å². The number of alkyl carbamates (subject to hydrolysis) is 1. The molecule has 0 bridgehead atoms. The molecule has 2 aliphatic rings. The second-order valence-corrected chi connectivity index (χ2v) is 7.52. The van der Waals surface area contributed by atoms with Crippen molar-refractivity contribution in [1.29, 1.82) is 0 Å². The van der Waals surface area contributed by atoms with Crippen LogP contribution in [0.2, 0.25) is 0 Å². The molecule has 1 heterocycles. The van der Waals surface area contributed by atoms with Gasteiger partial charge in [0.15, 0.2) is 0 Å². The molecule has 0 spiro atoms. The minimum absolute atomic E-state index is 0.000216. The summed E-state index contributed by atoms with van der Waals surface area (Å²) in [4.78, 5) is 26.1. The highest BCUT2D eigenvalue weighted by molar-refractivity contribution is 5.83. The third-order valence-corrected chi connectivity index (χ3v) is 5.45. The number of rotatable bonds is 4. The van der Waals surface area contributed by atoms with Crippen LogP contribution in [0.15, 0.2) is 48.5 Å². The summed E-state index contributed by atoms with van der Waals surface area (Å²) in [5.74, 6) is -0.184. The van der Waals surface area contributed by atoms with Crippen LogP contribution in [0, 0.1) is 0 Å². The molecule has 1 aliphatic heterocycles. The first-order valence-corrected chi connectivity index (χ1v) is 9.50. The van der Waals surface area contributed by atoms with E-state index in [9.17, 15) is 9.59 Å². The topological polar surface area (TPSA) is 67.9 Å². The summed E-state index contributed by atoms with van der Waals surface area (Å²) >= 11 is 0. The molecule has 146 valence electrons. The van der Waals surface area contributed by atoms with Crippen molar-refractivity contribution in [3.8, 4) is 11.1 Å². The van der Waals surface area contributed by atoms with Gasteiger partial charge >= 0.3 is 6.09 Å². The number of fused-ring (bicyclic) bond motifs is 3. The number of ether oxygens (including phenoxy) is 2. The summed E-state index contributed by atoms with van der Waals surface area (Å²) in [6, 6.07) is 16.3. The van der Waals surface area contributed by atoms with E-state index in [4.69, 9.17) is 9.47 Å². The van der Waals surface area contributed by atoms with Crippen molar-refractivity contribution in [2.75, 3.05) is 26.3 Å². The van der Waals surface area contributed by atoms with Gasteiger partial charge in [-0.3, -0.25) is 4.79 Å². The van der Waals surface area contributed by atoms with Crippen LogP contribution in [-0.2, 0) is 14.3 Å². The lowest BCUT2D eigenvalue weighted by Gasteiger charge is -2.29. The van der Waals surface area contributed by atoms with Gasteiger partial charge < -0.3 is 19.7 Å². The molecule has 28 heavy (non-hydrogen) atoms. The zero-order chi connectivity index (χ0) is 19.7. The molecule has 0 unspecified atom stereocenters. The molecule has 1 fully saturated rings. The molecule has 0 aromatic heterocycles. The fourth-order valence-electron chi connectivity index (χ4n) is 4.05. The minimum atomic E-state index is -0.639. The normalized spacial score (nSPS) is 17.1. The van der Waals surface area contributed by atoms with Crippen LogP contribution in [0.4, 0.5) is 4.79 Å². The number of carbonyl (C=O) groups is 2. The van der Waals surface area contributed by atoms with Crippen molar-refractivity contribution in [1.82, 2.24) is 10.2 Å². The number of carbonyl (C=O) groups excluding carboxylic acids is 2. The summed E-state index contributed by atoms with van der Waals surface area (Å²) in [6.07, 6.45) is -0.590. The second-order valence-electron chi connectivity index (χ2n) is 7.52. The first kappa shape index (κ1) is 18.5. The molecule has 2 aromatic rings. The van der Waals surface area contributed by atoms with Gasteiger partial charge in [-0.1, -0.05) is 48.5 Å². The highest BCUT2D eigenvalue weighted by Crippen LogP contribution is 2.44. The number of nitrogens with one attached hydrogen (secondary N) is 1. The average molecular weight is 380 g/mol. The molecule has 1 aliphatic carbocycles. The zero-order valence-electron chi connectivity index (χ0n) is 16.1. The summed E-state index contributed by atoms with van der Waals surface area (Å²) < 4.78 is 11.0. The molecule has 2 aromatic carbocycles. The van der Waals surface area contributed by atoms with E-state index in [1.807, 2.05) is 38.1 Å². The predicted molar refractivity (Wildman–Crippen MR) is 105 cm³/mol. The van der Waals surface area contributed by atoms with Crippen LogP contribution in [0.3, 0.4) is 0 Å². The van der Waals surface area contributed by atoms with Crippen molar-refractivity contribution in [2.45, 2.75) is 25.5 Å². The highest BCUT2D eigenvalue weighted by atomic mass is 16.5. The minimum Gasteiger partial charge on any atom is -0.449 e. The monoisotopic (exact) mass is 380 g/mol. The maximum Gasteiger partial charge on any atom is 0.407 e. The Labute approximate surface area is 164 Å². The predicted octanol–water partition coefficient (Wildman–Crippen LogP) is 3.12. The number of hydrogen-bond acceptors (Lipinski definition) is 4. The smallest absolute Gasteiger partial charge is 0.407 e. The van der Waals surface area contributed by atoms with E-state index in [-0.39, 0.29) is 25.0 Å². The van der Waals surface area contributed by atoms with Gasteiger partial charge in [-0.2, -0.15) is 0 Å². The van der Waals surface area contributed by atoms with Crippen molar-refractivity contribution in [2.24, 2.45) is 0 Å². The van der Waals surface area contributed by atoms with Crippen LogP contribution in [-0.4, -0.2) is 48.9 Å². The van der Waals surface area contributed by atoms with Crippen LogP contribution in [0.5, 0.6) is 0 Å². The molecular formula is C22H24N2O4. The standard InChI is InChI=1S/C22H24N2O4/c1-22(2)24(11-12-28-22)20(25)13-23-21(26)27-14-19-17-9-5-3-7-15(17)16-8-4-6-10-18(16)19/h3-10,19H,11-14H2,1-2H3,(H,23,26). The molecule has 4 rings (SSSR count). The van der Waals surface area contributed by atoms with E-state index in [0.29, 0.717) is 13.2 Å². The fourth-order valence-corrected chi connectivity index (χ4v) is 4.05. The number of hydrogen-bond donors (Lipinski definition) is 1. The van der Waals surface area contributed by atoms with E-state index < -0.39 is 11.8 Å². The Hall–Kier alpha value is -2.86. The van der Waals surface area contributed by atoms with Crippen molar-refractivity contribution in [3.63, 3.8) is 0 Å². The van der Waals surface area contributed by atoms with Crippen LogP contribution in [0.25, 0.3) is 11.1 Å².